The van der Waals surface area contributed by atoms with Gasteiger partial charge in [-0.2, -0.15) is 0 Å². The van der Waals surface area contributed by atoms with Crippen LogP contribution in [0.15, 0.2) is 42.5 Å². The van der Waals surface area contributed by atoms with E-state index < -0.39 is 29.1 Å². The van der Waals surface area contributed by atoms with Gasteiger partial charge in [0.1, 0.15) is 17.5 Å². The Kier molecular flexibility index (Phi) is 5.63. The molecule has 0 bridgehead atoms. The molecule has 0 aromatic heterocycles. The van der Waals surface area contributed by atoms with Crippen molar-refractivity contribution in [1.29, 1.82) is 0 Å². The number of hydrogen-bond acceptors (Lipinski definition) is 0. The Hall–Kier alpha value is -2.69. The average molecular weight is 416 g/mol. The normalized spacial score (nSPS) is 15.9. The lowest BCUT2D eigenvalue weighted by Gasteiger charge is -2.27. The zero-order valence-corrected chi connectivity index (χ0v) is 16.5. The topological polar surface area (TPSA) is 0 Å². The molecule has 0 amide bonds. The maximum absolute atomic E-state index is 15.1. The van der Waals surface area contributed by atoms with E-state index in [-0.39, 0.29) is 35.4 Å². The summed E-state index contributed by atoms with van der Waals surface area (Å²) in [7, 11) is 0. The van der Waals surface area contributed by atoms with Gasteiger partial charge >= 0.3 is 0 Å². The molecule has 0 nitrogen and oxygen atoms in total. The molecule has 4 rings (SSSR count). The highest BCUT2D eigenvalue weighted by atomic mass is 19.2. The summed E-state index contributed by atoms with van der Waals surface area (Å²) < 4.78 is 72.1. The van der Waals surface area contributed by atoms with E-state index in [1.807, 2.05) is 6.92 Å². The highest BCUT2D eigenvalue weighted by molar-refractivity contribution is 5.67. The van der Waals surface area contributed by atoms with Crippen molar-refractivity contribution in [2.75, 3.05) is 0 Å². The van der Waals surface area contributed by atoms with Crippen LogP contribution in [-0.4, -0.2) is 0 Å². The van der Waals surface area contributed by atoms with Crippen molar-refractivity contribution >= 4 is 0 Å². The smallest absolute Gasteiger partial charge is 0.162 e. The van der Waals surface area contributed by atoms with Gasteiger partial charge in [0.2, 0.25) is 0 Å². The summed E-state index contributed by atoms with van der Waals surface area (Å²) >= 11 is 0. The van der Waals surface area contributed by atoms with E-state index >= 15 is 4.39 Å². The second-order valence-electron chi connectivity index (χ2n) is 7.82. The van der Waals surface area contributed by atoms with Gasteiger partial charge in [0.05, 0.1) is 5.56 Å². The van der Waals surface area contributed by atoms with Crippen LogP contribution in [0.5, 0.6) is 0 Å². The molecule has 0 aliphatic heterocycles. The molecule has 0 heterocycles. The molecule has 30 heavy (non-hydrogen) atoms. The fraction of sp³-hybridized carbons (Fsp3) is 0.280. The van der Waals surface area contributed by atoms with Crippen molar-refractivity contribution in [3.63, 3.8) is 0 Å². The molecule has 1 aliphatic rings. The van der Waals surface area contributed by atoms with Crippen LogP contribution < -0.4 is 0 Å². The molecule has 3 aromatic rings. The van der Waals surface area contributed by atoms with Crippen LogP contribution in [0, 0.1) is 29.1 Å². The van der Waals surface area contributed by atoms with Crippen LogP contribution in [0.1, 0.15) is 47.9 Å². The standard InChI is InChI=1S/C25H21F5/c1-2-3-15-6-10-19(25(30)23(15)28)16-7-11-20-17(12-16)13-21(27)22(24(20)29)14-4-8-18(26)9-5-14/h4-6,8-10,13,16H,2-3,7,11-12H2,1H3. The SMILES string of the molecule is CCCc1ccc(C2CCc3c(cc(F)c(-c4ccc(F)cc4)c3F)C2)c(F)c1F. The second kappa shape index (κ2) is 8.21. The molecule has 1 aliphatic carbocycles. The lowest BCUT2D eigenvalue weighted by Crippen LogP contribution is -2.17. The van der Waals surface area contributed by atoms with Crippen LogP contribution in [0.25, 0.3) is 11.1 Å². The fourth-order valence-electron chi connectivity index (χ4n) is 4.38. The first-order valence-corrected chi connectivity index (χ1v) is 10.1. The van der Waals surface area contributed by atoms with Crippen LogP contribution in [0.4, 0.5) is 22.0 Å². The van der Waals surface area contributed by atoms with Crippen molar-refractivity contribution in [2.45, 2.75) is 44.9 Å². The monoisotopic (exact) mass is 416 g/mol. The van der Waals surface area contributed by atoms with Crippen molar-refractivity contribution in [3.8, 4) is 11.1 Å². The third kappa shape index (κ3) is 3.62. The first-order chi connectivity index (χ1) is 14.4. The van der Waals surface area contributed by atoms with Gasteiger partial charge in [-0.3, -0.25) is 0 Å². The number of rotatable bonds is 4. The van der Waals surface area contributed by atoms with Crippen molar-refractivity contribution in [2.24, 2.45) is 0 Å². The molecule has 0 fully saturated rings. The Labute approximate surface area is 172 Å². The minimum absolute atomic E-state index is 0.187. The predicted octanol–water partition coefficient (Wildman–Crippen LogP) is 7.27. The number of benzene rings is 3. The number of fused-ring (bicyclic) bond motifs is 1. The molecule has 3 aromatic carbocycles. The largest absolute Gasteiger partial charge is 0.207 e. The van der Waals surface area contributed by atoms with Crippen LogP contribution in [0.2, 0.25) is 0 Å². The summed E-state index contributed by atoms with van der Waals surface area (Å²) in [4.78, 5) is 0. The van der Waals surface area contributed by atoms with Gasteiger partial charge < -0.3 is 0 Å². The Bertz CT molecular complexity index is 1090. The number of aryl methyl sites for hydroxylation is 1. The maximum atomic E-state index is 15.1. The van der Waals surface area contributed by atoms with Gasteiger partial charge in [0.25, 0.3) is 0 Å². The van der Waals surface area contributed by atoms with E-state index in [1.54, 1.807) is 12.1 Å². The van der Waals surface area contributed by atoms with Crippen LogP contribution >= 0.6 is 0 Å². The fourth-order valence-corrected chi connectivity index (χ4v) is 4.38. The molecule has 1 unspecified atom stereocenters. The van der Waals surface area contributed by atoms with E-state index in [1.165, 1.54) is 18.2 Å². The molecular formula is C25H21F5. The second-order valence-corrected chi connectivity index (χ2v) is 7.82. The van der Waals surface area contributed by atoms with E-state index in [0.717, 1.165) is 12.1 Å². The molecule has 5 heteroatoms. The Balaban J connectivity index is 1.69. The number of hydrogen-bond donors (Lipinski definition) is 0. The van der Waals surface area contributed by atoms with E-state index in [0.29, 0.717) is 36.0 Å². The van der Waals surface area contributed by atoms with Crippen molar-refractivity contribution < 1.29 is 22.0 Å². The Morgan fingerprint density at radius 2 is 1.60 bits per heavy atom. The molecule has 1 atom stereocenters. The first-order valence-electron chi connectivity index (χ1n) is 10.1. The minimum atomic E-state index is -0.863. The first kappa shape index (κ1) is 20.6. The van der Waals surface area contributed by atoms with Crippen molar-refractivity contribution in [3.05, 3.63) is 93.8 Å². The van der Waals surface area contributed by atoms with Gasteiger partial charge in [-0.1, -0.05) is 37.6 Å². The molecular weight excluding hydrogens is 395 g/mol. The summed E-state index contributed by atoms with van der Waals surface area (Å²) in [5.74, 6) is -3.94. The quantitative estimate of drug-likeness (QED) is 0.392. The maximum Gasteiger partial charge on any atom is 0.162 e. The lowest BCUT2D eigenvalue weighted by molar-refractivity contribution is 0.462. The molecule has 0 spiro atoms. The summed E-state index contributed by atoms with van der Waals surface area (Å²) in [5, 5.41) is 0. The van der Waals surface area contributed by atoms with Gasteiger partial charge in [-0.25, -0.2) is 22.0 Å². The van der Waals surface area contributed by atoms with E-state index in [2.05, 4.69) is 0 Å². The predicted molar refractivity (Wildman–Crippen MR) is 107 cm³/mol. The van der Waals surface area contributed by atoms with Gasteiger partial charge in [0, 0.05) is 0 Å². The van der Waals surface area contributed by atoms with Crippen LogP contribution in [0.3, 0.4) is 0 Å². The molecule has 0 saturated heterocycles. The molecule has 0 saturated carbocycles. The summed E-state index contributed by atoms with van der Waals surface area (Å²) in [6.07, 6.45) is 2.12. The Morgan fingerprint density at radius 3 is 2.30 bits per heavy atom. The van der Waals surface area contributed by atoms with Gasteiger partial charge in [-0.15, -0.1) is 0 Å². The third-order valence-electron chi connectivity index (χ3n) is 5.91. The molecule has 156 valence electrons. The highest BCUT2D eigenvalue weighted by Crippen LogP contribution is 2.39. The van der Waals surface area contributed by atoms with Gasteiger partial charge in [-0.05, 0) is 77.6 Å². The van der Waals surface area contributed by atoms with Gasteiger partial charge in [0.15, 0.2) is 11.6 Å². The lowest BCUT2D eigenvalue weighted by atomic mass is 9.78. The molecule has 0 radical (unpaired) electrons. The summed E-state index contributed by atoms with van der Waals surface area (Å²) in [6, 6.07) is 9.45. The Morgan fingerprint density at radius 1 is 0.867 bits per heavy atom. The number of halogens is 5. The zero-order chi connectivity index (χ0) is 21.4. The summed E-state index contributed by atoms with van der Waals surface area (Å²) in [5.41, 5.74) is 1.52. The summed E-state index contributed by atoms with van der Waals surface area (Å²) in [6.45, 7) is 1.90. The van der Waals surface area contributed by atoms with Crippen molar-refractivity contribution in [1.82, 2.24) is 0 Å². The third-order valence-corrected chi connectivity index (χ3v) is 5.91. The van der Waals surface area contributed by atoms with Crippen LogP contribution in [-0.2, 0) is 19.3 Å². The zero-order valence-electron chi connectivity index (χ0n) is 16.5. The molecule has 0 N–H and O–H groups in total. The van der Waals surface area contributed by atoms with E-state index in [4.69, 9.17) is 0 Å². The minimum Gasteiger partial charge on any atom is -0.207 e. The highest BCUT2D eigenvalue weighted by Gasteiger charge is 2.29. The average Bonchev–Trinajstić information content (AvgIpc) is 2.72. The van der Waals surface area contributed by atoms with E-state index in [9.17, 15) is 17.6 Å².